The average Bonchev–Trinajstić information content (AvgIpc) is 2.38. The summed E-state index contributed by atoms with van der Waals surface area (Å²) in [4.78, 5) is 23.3. The number of aliphatic carboxylic acids is 1. The van der Waals surface area contributed by atoms with Gasteiger partial charge in [-0.25, -0.2) is 0 Å². The first-order chi connectivity index (χ1) is 9.49. The van der Waals surface area contributed by atoms with E-state index in [1.165, 1.54) is 6.92 Å². The van der Waals surface area contributed by atoms with Crippen LogP contribution in [-0.4, -0.2) is 30.1 Å². The van der Waals surface area contributed by atoms with Crippen molar-refractivity contribution in [2.75, 3.05) is 7.11 Å². The third-order valence-corrected chi connectivity index (χ3v) is 4.00. The van der Waals surface area contributed by atoms with E-state index in [4.69, 9.17) is 9.84 Å². The van der Waals surface area contributed by atoms with Crippen LogP contribution < -0.4 is 10.1 Å². The fourth-order valence-corrected chi connectivity index (χ4v) is 2.48. The first-order valence-electron chi connectivity index (χ1n) is 6.68. The number of carboxylic acid groups (broad SMARTS) is 1. The molecule has 0 aromatic heterocycles. The molecule has 108 valence electrons. The maximum absolute atomic E-state index is 12.4. The fourth-order valence-electron chi connectivity index (χ4n) is 2.48. The van der Waals surface area contributed by atoms with Crippen LogP contribution in [0.25, 0.3) is 0 Å². The molecule has 1 aromatic rings. The Bertz CT molecular complexity index is 505. The normalized spacial score (nSPS) is 17.7. The molecule has 0 unspecified atom stereocenters. The quantitative estimate of drug-likeness (QED) is 0.859. The minimum absolute atomic E-state index is 0.205. The summed E-state index contributed by atoms with van der Waals surface area (Å²) in [5.41, 5.74) is 0.329. The van der Waals surface area contributed by atoms with Crippen molar-refractivity contribution in [2.24, 2.45) is 0 Å². The van der Waals surface area contributed by atoms with Crippen molar-refractivity contribution in [1.29, 1.82) is 0 Å². The van der Waals surface area contributed by atoms with Crippen molar-refractivity contribution in [3.05, 3.63) is 29.8 Å². The Morgan fingerprint density at radius 3 is 2.30 bits per heavy atom. The Morgan fingerprint density at radius 2 is 1.90 bits per heavy atom. The molecular weight excluding hydrogens is 258 g/mol. The van der Waals surface area contributed by atoms with Crippen molar-refractivity contribution in [3.63, 3.8) is 0 Å². The Kier molecular flexibility index (Phi) is 3.97. The van der Waals surface area contributed by atoms with Crippen LogP contribution in [-0.2, 0) is 15.0 Å². The lowest BCUT2D eigenvalue weighted by atomic mass is 9.63. The van der Waals surface area contributed by atoms with Gasteiger partial charge in [0.15, 0.2) is 0 Å². The predicted octanol–water partition coefficient (Wildman–Crippen LogP) is 1.71. The van der Waals surface area contributed by atoms with Gasteiger partial charge in [0.05, 0.1) is 12.5 Å². The first-order valence-corrected chi connectivity index (χ1v) is 6.68. The van der Waals surface area contributed by atoms with Crippen LogP contribution in [0.1, 0.15) is 31.7 Å². The molecule has 2 rings (SSSR count). The molecule has 0 bridgehead atoms. The molecule has 0 radical (unpaired) electrons. The summed E-state index contributed by atoms with van der Waals surface area (Å²) in [6, 6.07) is 6.52. The number of nitrogens with one attached hydrogen (secondary N) is 1. The fraction of sp³-hybridized carbons (Fsp3) is 0.467. The Labute approximate surface area is 117 Å². The minimum atomic E-state index is -1.03. The van der Waals surface area contributed by atoms with Crippen molar-refractivity contribution >= 4 is 11.9 Å². The van der Waals surface area contributed by atoms with Gasteiger partial charge in [-0.2, -0.15) is 0 Å². The lowest BCUT2D eigenvalue weighted by Crippen LogP contribution is -2.53. The predicted molar refractivity (Wildman–Crippen MR) is 73.8 cm³/mol. The van der Waals surface area contributed by atoms with Gasteiger partial charge in [0, 0.05) is 0 Å². The molecule has 2 N–H and O–H groups in total. The molecule has 0 saturated heterocycles. The second kappa shape index (κ2) is 5.53. The zero-order valence-electron chi connectivity index (χ0n) is 11.7. The molecule has 0 aliphatic heterocycles. The van der Waals surface area contributed by atoms with Gasteiger partial charge in [-0.1, -0.05) is 18.6 Å². The third-order valence-electron chi connectivity index (χ3n) is 4.00. The average molecular weight is 277 g/mol. The summed E-state index contributed by atoms with van der Waals surface area (Å²) in [6.07, 6.45) is 2.47. The summed E-state index contributed by atoms with van der Waals surface area (Å²) >= 11 is 0. The molecule has 20 heavy (non-hydrogen) atoms. The summed E-state index contributed by atoms with van der Waals surface area (Å²) in [7, 11) is 1.59. The van der Waals surface area contributed by atoms with Gasteiger partial charge in [0.25, 0.3) is 0 Å². The van der Waals surface area contributed by atoms with Crippen LogP contribution in [0.4, 0.5) is 0 Å². The van der Waals surface area contributed by atoms with Crippen LogP contribution in [0, 0.1) is 0 Å². The lowest BCUT2D eigenvalue weighted by Gasteiger charge is -2.41. The summed E-state index contributed by atoms with van der Waals surface area (Å²) < 4.78 is 5.11. The maximum Gasteiger partial charge on any atom is 0.325 e. The van der Waals surface area contributed by atoms with Crippen LogP contribution >= 0.6 is 0 Å². The van der Waals surface area contributed by atoms with E-state index in [2.05, 4.69) is 5.32 Å². The van der Waals surface area contributed by atoms with E-state index in [1.807, 2.05) is 24.3 Å². The lowest BCUT2D eigenvalue weighted by molar-refractivity contribution is -0.143. The molecule has 1 aliphatic rings. The number of carboxylic acids is 1. The summed E-state index contributed by atoms with van der Waals surface area (Å²) in [6.45, 7) is 1.47. The van der Waals surface area contributed by atoms with Gasteiger partial charge in [-0.3, -0.25) is 9.59 Å². The topological polar surface area (TPSA) is 75.6 Å². The molecule has 1 aromatic carbocycles. The molecule has 0 spiro atoms. The van der Waals surface area contributed by atoms with E-state index in [0.29, 0.717) is 0 Å². The zero-order chi connectivity index (χ0) is 14.8. The highest BCUT2D eigenvalue weighted by molar-refractivity contribution is 5.92. The largest absolute Gasteiger partial charge is 0.497 e. The van der Waals surface area contributed by atoms with Crippen LogP contribution in [0.15, 0.2) is 24.3 Å². The van der Waals surface area contributed by atoms with Gasteiger partial charge < -0.3 is 15.2 Å². The SMILES string of the molecule is COc1ccc(C2(C(=O)N[C@@H](C)C(=O)O)CCC2)cc1. The second-order valence-electron chi connectivity index (χ2n) is 5.20. The van der Waals surface area contributed by atoms with Crippen molar-refractivity contribution in [1.82, 2.24) is 5.32 Å². The van der Waals surface area contributed by atoms with E-state index >= 15 is 0 Å². The van der Waals surface area contributed by atoms with E-state index in [1.54, 1.807) is 7.11 Å². The second-order valence-corrected chi connectivity index (χ2v) is 5.20. The van der Waals surface area contributed by atoms with Gasteiger partial charge in [-0.05, 0) is 37.5 Å². The van der Waals surface area contributed by atoms with Crippen molar-refractivity contribution in [3.8, 4) is 5.75 Å². The molecule has 1 saturated carbocycles. The van der Waals surface area contributed by atoms with Crippen LogP contribution in [0.2, 0.25) is 0 Å². The van der Waals surface area contributed by atoms with Crippen molar-refractivity contribution < 1.29 is 19.4 Å². The Hall–Kier alpha value is -2.04. The smallest absolute Gasteiger partial charge is 0.325 e. The number of rotatable bonds is 5. The summed E-state index contributed by atoms with van der Waals surface area (Å²) in [5.74, 6) is -0.492. The van der Waals surface area contributed by atoms with E-state index in [9.17, 15) is 9.59 Å². The highest BCUT2D eigenvalue weighted by Crippen LogP contribution is 2.44. The molecular formula is C15H19NO4. The number of carbonyl (C=O) groups excluding carboxylic acids is 1. The van der Waals surface area contributed by atoms with Gasteiger partial charge >= 0.3 is 5.97 Å². The number of hydrogen-bond donors (Lipinski definition) is 2. The molecule has 0 heterocycles. The molecule has 1 aliphatic carbocycles. The van der Waals surface area contributed by atoms with E-state index < -0.39 is 17.4 Å². The highest BCUT2D eigenvalue weighted by atomic mass is 16.5. The molecule has 1 atom stereocenters. The van der Waals surface area contributed by atoms with Gasteiger partial charge in [-0.15, -0.1) is 0 Å². The van der Waals surface area contributed by atoms with Crippen molar-refractivity contribution in [2.45, 2.75) is 37.6 Å². The zero-order valence-corrected chi connectivity index (χ0v) is 11.7. The number of amides is 1. The number of benzene rings is 1. The molecule has 5 heteroatoms. The first kappa shape index (κ1) is 14.4. The van der Waals surface area contributed by atoms with Crippen LogP contribution in [0.5, 0.6) is 5.75 Å². The molecule has 5 nitrogen and oxygen atoms in total. The molecule has 1 fully saturated rings. The van der Waals surface area contributed by atoms with Crippen LogP contribution in [0.3, 0.4) is 0 Å². The summed E-state index contributed by atoms with van der Waals surface area (Å²) in [5, 5.41) is 11.5. The number of ether oxygens (including phenoxy) is 1. The number of carbonyl (C=O) groups is 2. The monoisotopic (exact) mass is 277 g/mol. The van der Waals surface area contributed by atoms with Gasteiger partial charge in [0.2, 0.25) is 5.91 Å². The minimum Gasteiger partial charge on any atom is -0.497 e. The number of hydrogen-bond acceptors (Lipinski definition) is 3. The highest BCUT2D eigenvalue weighted by Gasteiger charge is 2.46. The van der Waals surface area contributed by atoms with Gasteiger partial charge in [0.1, 0.15) is 11.8 Å². The Balaban J connectivity index is 2.20. The molecule has 1 amide bonds. The van der Waals surface area contributed by atoms with E-state index in [-0.39, 0.29) is 5.91 Å². The maximum atomic E-state index is 12.4. The Morgan fingerprint density at radius 1 is 1.30 bits per heavy atom. The third kappa shape index (κ3) is 2.48. The number of methoxy groups -OCH3 is 1. The van der Waals surface area contributed by atoms with E-state index in [0.717, 1.165) is 30.6 Å². The standard InChI is InChI=1S/C15H19NO4/c1-10(13(17)18)16-14(19)15(8-3-9-15)11-4-6-12(20-2)7-5-11/h4-7,10H,3,8-9H2,1-2H3,(H,16,19)(H,17,18)/t10-/m0/s1.